The summed E-state index contributed by atoms with van der Waals surface area (Å²) in [7, 11) is 0. The number of nitrogens with one attached hydrogen (secondary N) is 1. The number of benzene rings is 2. The van der Waals surface area contributed by atoms with E-state index in [4.69, 9.17) is 0 Å². The summed E-state index contributed by atoms with van der Waals surface area (Å²) in [6, 6.07) is 18.9. The van der Waals surface area contributed by atoms with Crippen LogP contribution in [0.5, 0.6) is 0 Å². The standard InChI is InChI=1S/C20H24N2/c1-4-16(5-2)20(21-6-3)22-19-14-12-18(13-15-19)17-10-8-7-9-11-17/h6-15,22H,4-5H2,1-3H3. The van der Waals surface area contributed by atoms with E-state index < -0.39 is 0 Å². The van der Waals surface area contributed by atoms with Crippen molar-refractivity contribution in [3.63, 3.8) is 0 Å². The average Bonchev–Trinajstić information content (AvgIpc) is 2.57. The van der Waals surface area contributed by atoms with Crippen molar-refractivity contribution >= 4 is 11.9 Å². The lowest BCUT2D eigenvalue weighted by Gasteiger charge is -2.12. The molecule has 2 aromatic rings. The highest BCUT2D eigenvalue weighted by Crippen LogP contribution is 2.23. The van der Waals surface area contributed by atoms with E-state index in [9.17, 15) is 0 Å². The third kappa shape index (κ3) is 4.08. The maximum Gasteiger partial charge on any atom is 0.129 e. The van der Waals surface area contributed by atoms with Gasteiger partial charge in [0.15, 0.2) is 0 Å². The van der Waals surface area contributed by atoms with Crippen molar-refractivity contribution in [3.05, 3.63) is 66.0 Å². The van der Waals surface area contributed by atoms with Crippen molar-refractivity contribution in [2.75, 3.05) is 5.32 Å². The largest absolute Gasteiger partial charge is 0.340 e. The Morgan fingerprint density at radius 1 is 0.909 bits per heavy atom. The highest BCUT2D eigenvalue weighted by Gasteiger charge is 2.03. The van der Waals surface area contributed by atoms with E-state index in [1.165, 1.54) is 16.7 Å². The summed E-state index contributed by atoms with van der Waals surface area (Å²) in [5.41, 5.74) is 4.87. The lowest BCUT2D eigenvalue weighted by Crippen LogP contribution is -2.01. The van der Waals surface area contributed by atoms with Crippen LogP contribution in [0.4, 0.5) is 5.69 Å². The fourth-order valence-electron chi connectivity index (χ4n) is 2.44. The summed E-state index contributed by atoms with van der Waals surface area (Å²) in [6.07, 6.45) is 3.86. The van der Waals surface area contributed by atoms with Crippen LogP contribution >= 0.6 is 0 Å². The van der Waals surface area contributed by atoms with E-state index in [-0.39, 0.29) is 0 Å². The van der Waals surface area contributed by atoms with Gasteiger partial charge in [-0.2, -0.15) is 0 Å². The number of anilines is 1. The molecule has 0 amide bonds. The quantitative estimate of drug-likeness (QED) is 0.660. The lowest BCUT2D eigenvalue weighted by atomic mass is 10.1. The van der Waals surface area contributed by atoms with Crippen molar-refractivity contribution in [3.8, 4) is 11.1 Å². The van der Waals surface area contributed by atoms with Gasteiger partial charge in [-0.3, -0.25) is 0 Å². The first kappa shape index (κ1) is 16.0. The van der Waals surface area contributed by atoms with Crippen LogP contribution in [-0.4, -0.2) is 6.21 Å². The minimum Gasteiger partial charge on any atom is -0.340 e. The second-order valence-corrected chi connectivity index (χ2v) is 5.11. The summed E-state index contributed by atoms with van der Waals surface area (Å²) < 4.78 is 0. The monoisotopic (exact) mass is 292 g/mol. The molecule has 0 aliphatic rings. The van der Waals surface area contributed by atoms with Gasteiger partial charge >= 0.3 is 0 Å². The van der Waals surface area contributed by atoms with Gasteiger partial charge < -0.3 is 5.32 Å². The van der Waals surface area contributed by atoms with Gasteiger partial charge in [0.25, 0.3) is 0 Å². The molecular formula is C20H24N2. The normalized spacial score (nSPS) is 10.7. The Balaban J connectivity index is 2.22. The first-order chi connectivity index (χ1) is 10.8. The van der Waals surface area contributed by atoms with Crippen molar-refractivity contribution in [2.45, 2.75) is 33.6 Å². The van der Waals surface area contributed by atoms with E-state index in [1.54, 1.807) is 0 Å². The van der Waals surface area contributed by atoms with Gasteiger partial charge in [0, 0.05) is 11.9 Å². The molecule has 0 saturated heterocycles. The third-order valence-electron chi connectivity index (χ3n) is 3.70. The van der Waals surface area contributed by atoms with Crippen molar-refractivity contribution in [2.24, 2.45) is 4.99 Å². The Hall–Kier alpha value is -2.35. The minimum absolute atomic E-state index is 0.972. The summed E-state index contributed by atoms with van der Waals surface area (Å²) in [6.45, 7) is 6.29. The highest BCUT2D eigenvalue weighted by molar-refractivity contribution is 5.67. The Kier molecular flexibility index (Phi) is 5.96. The second-order valence-electron chi connectivity index (χ2n) is 5.11. The summed E-state index contributed by atoms with van der Waals surface area (Å²) in [5, 5.41) is 3.44. The first-order valence-electron chi connectivity index (χ1n) is 7.91. The molecule has 22 heavy (non-hydrogen) atoms. The highest BCUT2D eigenvalue weighted by atomic mass is 15.0. The van der Waals surface area contributed by atoms with Crippen LogP contribution in [0.15, 0.2) is 71.0 Å². The molecule has 0 bridgehead atoms. The SMILES string of the molecule is CC=NC(Nc1ccc(-c2ccccc2)cc1)=C(CC)CC. The van der Waals surface area contributed by atoms with E-state index in [2.05, 4.69) is 72.7 Å². The topological polar surface area (TPSA) is 24.4 Å². The van der Waals surface area contributed by atoms with Crippen LogP contribution in [0.2, 0.25) is 0 Å². The van der Waals surface area contributed by atoms with E-state index in [0.29, 0.717) is 0 Å². The Morgan fingerprint density at radius 2 is 1.50 bits per heavy atom. The molecule has 0 heterocycles. The molecule has 0 aromatic heterocycles. The van der Waals surface area contributed by atoms with Crippen LogP contribution in [0, 0.1) is 0 Å². The first-order valence-corrected chi connectivity index (χ1v) is 7.91. The van der Waals surface area contributed by atoms with E-state index in [0.717, 1.165) is 24.4 Å². The van der Waals surface area contributed by atoms with Gasteiger partial charge in [-0.15, -0.1) is 0 Å². The molecule has 0 saturated carbocycles. The third-order valence-corrected chi connectivity index (χ3v) is 3.70. The van der Waals surface area contributed by atoms with Crippen LogP contribution in [-0.2, 0) is 0 Å². The van der Waals surface area contributed by atoms with Crippen LogP contribution in [0.3, 0.4) is 0 Å². The van der Waals surface area contributed by atoms with Crippen LogP contribution in [0.25, 0.3) is 11.1 Å². The van der Waals surface area contributed by atoms with Gasteiger partial charge in [0.2, 0.25) is 0 Å². The zero-order valence-corrected chi connectivity index (χ0v) is 13.6. The molecule has 0 atom stereocenters. The van der Waals surface area contributed by atoms with Crippen molar-refractivity contribution < 1.29 is 0 Å². The minimum atomic E-state index is 0.972. The maximum absolute atomic E-state index is 4.49. The Labute approximate surface area is 133 Å². The number of nitrogens with zero attached hydrogens (tertiary/aromatic N) is 1. The number of hydrogen-bond acceptors (Lipinski definition) is 2. The average molecular weight is 292 g/mol. The van der Waals surface area contributed by atoms with Gasteiger partial charge in [-0.1, -0.05) is 56.3 Å². The van der Waals surface area contributed by atoms with Gasteiger partial charge in [0.05, 0.1) is 0 Å². The predicted octanol–water partition coefficient (Wildman–Crippen LogP) is 5.89. The summed E-state index contributed by atoms with van der Waals surface area (Å²) in [4.78, 5) is 4.49. The number of rotatable bonds is 6. The van der Waals surface area contributed by atoms with Gasteiger partial charge in [-0.05, 0) is 48.6 Å². The van der Waals surface area contributed by atoms with Crippen molar-refractivity contribution in [1.82, 2.24) is 0 Å². The van der Waals surface area contributed by atoms with E-state index >= 15 is 0 Å². The lowest BCUT2D eigenvalue weighted by molar-refractivity contribution is 0.941. The molecule has 2 nitrogen and oxygen atoms in total. The fraction of sp³-hybridized carbons (Fsp3) is 0.250. The zero-order valence-electron chi connectivity index (χ0n) is 13.6. The molecule has 2 heteroatoms. The zero-order chi connectivity index (χ0) is 15.8. The second kappa shape index (κ2) is 8.18. The molecule has 114 valence electrons. The Morgan fingerprint density at radius 3 is 2.05 bits per heavy atom. The van der Waals surface area contributed by atoms with Crippen molar-refractivity contribution in [1.29, 1.82) is 0 Å². The molecule has 0 spiro atoms. The van der Waals surface area contributed by atoms with Gasteiger partial charge in [0.1, 0.15) is 5.82 Å². The summed E-state index contributed by atoms with van der Waals surface area (Å²) >= 11 is 0. The molecule has 0 unspecified atom stereocenters. The van der Waals surface area contributed by atoms with Crippen LogP contribution in [0.1, 0.15) is 33.6 Å². The fourth-order valence-corrected chi connectivity index (χ4v) is 2.44. The molecule has 1 N–H and O–H groups in total. The molecule has 2 aromatic carbocycles. The maximum atomic E-state index is 4.49. The smallest absolute Gasteiger partial charge is 0.129 e. The number of aliphatic imine (C=N–C) groups is 1. The molecule has 2 rings (SSSR count). The molecule has 0 radical (unpaired) electrons. The molecule has 0 aliphatic heterocycles. The molecule has 0 aliphatic carbocycles. The van der Waals surface area contributed by atoms with Crippen LogP contribution < -0.4 is 5.32 Å². The number of hydrogen-bond donors (Lipinski definition) is 1. The van der Waals surface area contributed by atoms with Gasteiger partial charge in [-0.25, -0.2) is 4.99 Å². The molecular weight excluding hydrogens is 268 g/mol. The summed E-state index contributed by atoms with van der Waals surface area (Å²) in [5.74, 6) is 0.972. The number of allylic oxidation sites excluding steroid dienone is 1. The Bertz CT molecular complexity index is 631. The van der Waals surface area contributed by atoms with E-state index in [1.807, 2.05) is 19.2 Å². The molecule has 0 fully saturated rings. The predicted molar refractivity (Wildman–Crippen MR) is 97.3 cm³/mol.